The number of halogens is 2. The van der Waals surface area contributed by atoms with Crippen molar-refractivity contribution in [3.05, 3.63) is 27.2 Å². The van der Waals surface area contributed by atoms with Crippen LogP contribution < -0.4 is 10.6 Å². The molecule has 1 heterocycles. The predicted molar refractivity (Wildman–Crippen MR) is 78.2 cm³/mol. The number of hydrogen-bond acceptors (Lipinski definition) is 2. The van der Waals surface area contributed by atoms with Crippen molar-refractivity contribution in [1.82, 2.24) is 5.32 Å². The van der Waals surface area contributed by atoms with E-state index in [2.05, 4.69) is 26.6 Å². The Morgan fingerprint density at radius 3 is 2.89 bits per heavy atom. The fourth-order valence-electron chi connectivity index (χ4n) is 2.09. The third-order valence-corrected chi connectivity index (χ3v) is 4.43. The van der Waals surface area contributed by atoms with Gasteiger partial charge in [-0.1, -0.05) is 11.6 Å². The molecule has 1 saturated heterocycles. The summed E-state index contributed by atoms with van der Waals surface area (Å²) >= 11 is 9.52. The molecule has 1 aromatic carbocycles. The molecule has 0 radical (unpaired) electrons. The summed E-state index contributed by atoms with van der Waals surface area (Å²) in [7, 11) is 0. The number of rotatable bonds is 2. The van der Waals surface area contributed by atoms with Gasteiger partial charge in [0, 0.05) is 9.50 Å². The van der Waals surface area contributed by atoms with Crippen LogP contribution in [0.15, 0.2) is 16.6 Å². The van der Waals surface area contributed by atoms with E-state index in [9.17, 15) is 4.79 Å². The summed E-state index contributed by atoms with van der Waals surface area (Å²) in [5.41, 5.74) is 1.22. The molecule has 0 bridgehead atoms. The fourth-order valence-corrected chi connectivity index (χ4v) is 2.81. The van der Waals surface area contributed by atoms with Crippen LogP contribution in [0.25, 0.3) is 0 Å². The van der Waals surface area contributed by atoms with Gasteiger partial charge in [0.25, 0.3) is 0 Å². The number of benzene rings is 1. The van der Waals surface area contributed by atoms with Crippen molar-refractivity contribution in [2.45, 2.75) is 32.2 Å². The van der Waals surface area contributed by atoms with Gasteiger partial charge in [-0.2, -0.15) is 0 Å². The van der Waals surface area contributed by atoms with Gasteiger partial charge >= 0.3 is 0 Å². The Bertz CT molecular complexity index is 484. The highest BCUT2D eigenvalue weighted by Crippen LogP contribution is 2.30. The van der Waals surface area contributed by atoms with E-state index in [-0.39, 0.29) is 5.91 Å². The standard InChI is InChI=1S/C13H16BrClN2O/c1-8-6-9(14)11(7-10(8)15)17-12(18)13(2)4-3-5-16-13/h6-7,16H,3-5H2,1-2H3,(H,17,18). The maximum Gasteiger partial charge on any atom is 0.244 e. The van der Waals surface area contributed by atoms with E-state index in [0.717, 1.165) is 29.4 Å². The number of nitrogens with one attached hydrogen (secondary N) is 2. The van der Waals surface area contributed by atoms with Gasteiger partial charge in [-0.25, -0.2) is 0 Å². The Morgan fingerprint density at radius 2 is 2.28 bits per heavy atom. The molecule has 1 atom stereocenters. The van der Waals surface area contributed by atoms with Gasteiger partial charge in [0.05, 0.1) is 11.2 Å². The summed E-state index contributed by atoms with van der Waals surface area (Å²) in [6.07, 6.45) is 1.88. The van der Waals surface area contributed by atoms with Gasteiger partial charge in [0.15, 0.2) is 0 Å². The van der Waals surface area contributed by atoms with E-state index < -0.39 is 5.54 Å². The lowest BCUT2D eigenvalue weighted by Crippen LogP contribution is -2.48. The van der Waals surface area contributed by atoms with E-state index in [4.69, 9.17) is 11.6 Å². The first-order valence-electron chi connectivity index (χ1n) is 5.94. The zero-order valence-corrected chi connectivity index (χ0v) is 12.8. The second-order valence-electron chi connectivity index (χ2n) is 4.90. The minimum atomic E-state index is -0.475. The summed E-state index contributed by atoms with van der Waals surface area (Å²) in [5, 5.41) is 6.82. The van der Waals surface area contributed by atoms with E-state index in [1.54, 1.807) is 6.07 Å². The summed E-state index contributed by atoms with van der Waals surface area (Å²) < 4.78 is 0.847. The van der Waals surface area contributed by atoms with Crippen LogP contribution in [-0.2, 0) is 4.79 Å². The lowest BCUT2D eigenvalue weighted by atomic mass is 9.99. The number of aryl methyl sites for hydroxylation is 1. The summed E-state index contributed by atoms with van der Waals surface area (Å²) in [5.74, 6) is -0.0133. The highest BCUT2D eigenvalue weighted by molar-refractivity contribution is 9.10. The summed E-state index contributed by atoms with van der Waals surface area (Å²) in [6.45, 7) is 4.75. The van der Waals surface area contributed by atoms with E-state index in [1.807, 2.05) is 19.9 Å². The Kier molecular flexibility index (Phi) is 3.99. The van der Waals surface area contributed by atoms with Crippen molar-refractivity contribution in [2.24, 2.45) is 0 Å². The number of carbonyl (C=O) groups excluding carboxylic acids is 1. The smallest absolute Gasteiger partial charge is 0.244 e. The van der Waals surface area contributed by atoms with Crippen LogP contribution in [0.2, 0.25) is 5.02 Å². The maximum absolute atomic E-state index is 12.2. The third kappa shape index (κ3) is 2.71. The Balaban J connectivity index is 2.19. The minimum Gasteiger partial charge on any atom is -0.323 e. The molecule has 0 spiro atoms. The van der Waals surface area contributed by atoms with Gasteiger partial charge in [-0.15, -0.1) is 0 Å². The normalized spacial score (nSPS) is 23.1. The van der Waals surface area contributed by atoms with Crippen LogP contribution in [0.1, 0.15) is 25.3 Å². The van der Waals surface area contributed by atoms with E-state index in [1.165, 1.54) is 0 Å². The van der Waals surface area contributed by atoms with Gasteiger partial charge in [-0.05, 0) is 66.9 Å². The highest BCUT2D eigenvalue weighted by Gasteiger charge is 2.36. The molecular formula is C13H16BrClN2O. The Hall–Kier alpha value is -0.580. The predicted octanol–water partition coefficient (Wildman–Crippen LogP) is 3.49. The second kappa shape index (κ2) is 5.19. The van der Waals surface area contributed by atoms with Crippen LogP contribution >= 0.6 is 27.5 Å². The zero-order valence-electron chi connectivity index (χ0n) is 10.4. The SMILES string of the molecule is Cc1cc(Br)c(NC(=O)C2(C)CCCN2)cc1Cl. The van der Waals surface area contributed by atoms with Crippen LogP contribution in [0.3, 0.4) is 0 Å². The van der Waals surface area contributed by atoms with Crippen LogP contribution in [0.5, 0.6) is 0 Å². The first kappa shape index (κ1) is 13.8. The van der Waals surface area contributed by atoms with Crippen LogP contribution in [-0.4, -0.2) is 18.0 Å². The van der Waals surface area contributed by atoms with Crippen molar-refractivity contribution in [2.75, 3.05) is 11.9 Å². The molecule has 1 unspecified atom stereocenters. The molecule has 1 aliphatic rings. The van der Waals surface area contributed by atoms with Crippen molar-refractivity contribution >= 4 is 39.1 Å². The first-order valence-corrected chi connectivity index (χ1v) is 7.11. The first-order chi connectivity index (χ1) is 8.42. The van der Waals surface area contributed by atoms with Crippen LogP contribution in [0, 0.1) is 6.92 Å². The molecule has 1 fully saturated rings. The molecule has 0 saturated carbocycles. The molecule has 1 aliphatic heterocycles. The average molecular weight is 332 g/mol. The van der Waals surface area contributed by atoms with E-state index in [0.29, 0.717) is 10.7 Å². The number of anilines is 1. The lowest BCUT2D eigenvalue weighted by molar-refractivity contribution is -0.121. The average Bonchev–Trinajstić information content (AvgIpc) is 2.74. The Labute approximate surface area is 120 Å². The largest absolute Gasteiger partial charge is 0.323 e. The summed E-state index contributed by atoms with van der Waals surface area (Å²) in [6, 6.07) is 3.68. The van der Waals surface area contributed by atoms with Gasteiger partial charge in [0.2, 0.25) is 5.91 Å². The third-order valence-electron chi connectivity index (χ3n) is 3.37. The van der Waals surface area contributed by atoms with Crippen molar-refractivity contribution in [3.63, 3.8) is 0 Å². The topological polar surface area (TPSA) is 41.1 Å². The molecule has 2 N–H and O–H groups in total. The molecule has 3 nitrogen and oxygen atoms in total. The number of carbonyl (C=O) groups is 1. The molecule has 1 aromatic rings. The Morgan fingerprint density at radius 1 is 1.56 bits per heavy atom. The molecule has 18 heavy (non-hydrogen) atoms. The molecule has 0 aromatic heterocycles. The zero-order chi connectivity index (χ0) is 13.3. The number of amides is 1. The van der Waals surface area contributed by atoms with Crippen LogP contribution in [0.4, 0.5) is 5.69 Å². The monoisotopic (exact) mass is 330 g/mol. The van der Waals surface area contributed by atoms with Crippen molar-refractivity contribution < 1.29 is 4.79 Å². The van der Waals surface area contributed by atoms with Crippen molar-refractivity contribution in [3.8, 4) is 0 Å². The minimum absolute atomic E-state index is 0.0133. The fraction of sp³-hybridized carbons (Fsp3) is 0.462. The van der Waals surface area contributed by atoms with Gasteiger partial charge in [0.1, 0.15) is 0 Å². The molecule has 1 amide bonds. The number of hydrogen-bond donors (Lipinski definition) is 2. The second-order valence-corrected chi connectivity index (χ2v) is 6.16. The lowest BCUT2D eigenvalue weighted by Gasteiger charge is -2.23. The molecule has 98 valence electrons. The molecule has 0 aliphatic carbocycles. The van der Waals surface area contributed by atoms with E-state index >= 15 is 0 Å². The highest BCUT2D eigenvalue weighted by atomic mass is 79.9. The van der Waals surface area contributed by atoms with Gasteiger partial charge < -0.3 is 10.6 Å². The molecule has 2 rings (SSSR count). The molecule has 5 heteroatoms. The summed E-state index contributed by atoms with van der Waals surface area (Å²) in [4.78, 5) is 12.2. The molecular weight excluding hydrogens is 316 g/mol. The maximum atomic E-state index is 12.2. The van der Waals surface area contributed by atoms with Gasteiger partial charge in [-0.3, -0.25) is 4.79 Å². The quantitative estimate of drug-likeness (QED) is 0.871. The van der Waals surface area contributed by atoms with Crippen molar-refractivity contribution in [1.29, 1.82) is 0 Å².